The summed E-state index contributed by atoms with van der Waals surface area (Å²) in [5.74, 6) is -1.94. The monoisotopic (exact) mass is 567 g/mol. The summed E-state index contributed by atoms with van der Waals surface area (Å²) >= 11 is 2.60. The third-order valence-electron chi connectivity index (χ3n) is 5.18. The van der Waals surface area contributed by atoms with Crippen molar-refractivity contribution in [1.82, 2.24) is 9.97 Å². The van der Waals surface area contributed by atoms with Gasteiger partial charge >= 0.3 is 18.7 Å². The summed E-state index contributed by atoms with van der Waals surface area (Å²) < 4.78 is 84.0. The number of rotatable bonds is 9. The van der Waals surface area contributed by atoms with Gasteiger partial charge in [0.25, 0.3) is 0 Å². The summed E-state index contributed by atoms with van der Waals surface area (Å²) in [5, 5.41) is 12.7. The Bertz CT molecular complexity index is 1260. The molecule has 0 aliphatic heterocycles. The fourth-order valence-electron chi connectivity index (χ4n) is 3.93. The zero-order valence-electron chi connectivity index (χ0n) is 18.8. The molecule has 0 spiro atoms. The van der Waals surface area contributed by atoms with Crippen LogP contribution in [0.15, 0.2) is 18.2 Å². The average molecular weight is 568 g/mol. The minimum absolute atomic E-state index is 0.0265. The molecule has 0 bridgehead atoms. The maximum Gasteiger partial charge on any atom is 0.573 e. The topological polar surface area (TPSA) is 93.6 Å². The zero-order chi connectivity index (χ0) is 26.8. The van der Waals surface area contributed by atoms with Crippen molar-refractivity contribution in [3.8, 4) is 11.5 Å². The highest BCUT2D eigenvalue weighted by molar-refractivity contribution is 7.99. The van der Waals surface area contributed by atoms with Crippen LogP contribution < -0.4 is 14.8 Å². The van der Waals surface area contributed by atoms with E-state index in [2.05, 4.69) is 24.8 Å². The number of aromatic nitrogens is 2. The third kappa shape index (κ3) is 7.53. The molecule has 2 aromatic heterocycles. The first-order valence-corrected chi connectivity index (χ1v) is 12.8. The highest BCUT2D eigenvalue weighted by atomic mass is 32.2. The molecule has 1 aromatic carbocycles. The number of carboxylic acids is 1. The Labute approximate surface area is 214 Å². The smallest absolute Gasteiger partial charge is 0.481 e. The van der Waals surface area contributed by atoms with E-state index in [0.29, 0.717) is 22.5 Å². The number of carboxylic acid groups (broad SMARTS) is 1. The molecule has 2 heterocycles. The van der Waals surface area contributed by atoms with E-state index in [1.54, 1.807) is 0 Å². The van der Waals surface area contributed by atoms with Crippen LogP contribution in [0.1, 0.15) is 34.7 Å². The second kappa shape index (κ2) is 10.8. The second-order valence-corrected chi connectivity index (χ2v) is 10.1. The lowest BCUT2D eigenvalue weighted by atomic mass is 9.97. The number of fused-ring (bicyclic) bond motifs is 3. The molecule has 0 amide bonds. The number of hydrogen-bond acceptors (Lipinski definition) is 8. The number of hydrogen-bond donors (Lipinski definition) is 2. The number of halogens is 6. The van der Waals surface area contributed by atoms with Gasteiger partial charge in [0.1, 0.15) is 28.0 Å². The molecular weight excluding hydrogens is 548 g/mol. The number of nitrogens with zero attached hydrogens (tertiary/aromatic N) is 2. The van der Waals surface area contributed by atoms with Gasteiger partial charge in [0.15, 0.2) is 0 Å². The standard InChI is InChI=1S/C22H19F6N3O4S2/c23-21(24,25)34-12-5-11(6-13(7-12)35-22(26,27)28)8-29-19-18-14-3-1-2-4-15(14)37-20(18)31-16(30-19)9-36-10-17(32)33/h5-7H,1-4,8-10H2,(H,32,33)(H,29,30,31). The molecule has 0 atom stereocenters. The first kappa shape index (κ1) is 27.1. The van der Waals surface area contributed by atoms with Crippen molar-refractivity contribution < 1.29 is 45.7 Å². The van der Waals surface area contributed by atoms with E-state index in [-0.39, 0.29) is 23.6 Å². The molecule has 4 rings (SSSR count). The number of thioether (sulfide) groups is 1. The maximum atomic E-state index is 12.7. The Morgan fingerprint density at radius 3 is 2.30 bits per heavy atom. The lowest BCUT2D eigenvalue weighted by Crippen LogP contribution is -2.19. The first-order valence-electron chi connectivity index (χ1n) is 10.9. The Kier molecular flexibility index (Phi) is 7.92. The van der Waals surface area contributed by atoms with Crippen molar-refractivity contribution in [3.63, 3.8) is 0 Å². The van der Waals surface area contributed by atoms with Crippen LogP contribution in [0.2, 0.25) is 0 Å². The van der Waals surface area contributed by atoms with E-state index >= 15 is 0 Å². The number of ether oxygens (including phenoxy) is 2. The Hall–Kier alpha value is -2.94. The third-order valence-corrected chi connectivity index (χ3v) is 7.28. The molecule has 1 aliphatic carbocycles. The number of benzene rings is 1. The van der Waals surface area contributed by atoms with Crippen molar-refractivity contribution in [1.29, 1.82) is 0 Å². The molecule has 15 heteroatoms. The van der Waals surface area contributed by atoms with Gasteiger partial charge in [-0.3, -0.25) is 4.79 Å². The molecule has 2 N–H and O–H groups in total. The van der Waals surface area contributed by atoms with Crippen LogP contribution in [0.4, 0.5) is 32.2 Å². The summed E-state index contributed by atoms with van der Waals surface area (Å²) in [6, 6.07) is 2.41. The second-order valence-electron chi connectivity index (χ2n) is 8.03. The summed E-state index contributed by atoms with van der Waals surface area (Å²) in [5.41, 5.74) is 1.09. The van der Waals surface area contributed by atoms with E-state index < -0.39 is 30.2 Å². The lowest BCUT2D eigenvalue weighted by Gasteiger charge is -2.16. The lowest BCUT2D eigenvalue weighted by molar-refractivity contribution is -0.276. The zero-order valence-corrected chi connectivity index (χ0v) is 20.5. The Balaban J connectivity index is 1.66. The minimum atomic E-state index is -5.11. The molecule has 0 saturated carbocycles. The summed E-state index contributed by atoms with van der Waals surface area (Å²) in [6.07, 6.45) is -6.58. The van der Waals surface area contributed by atoms with Crippen LogP contribution >= 0.6 is 23.1 Å². The van der Waals surface area contributed by atoms with Gasteiger partial charge in [0.2, 0.25) is 0 Å². The van der Waals surface area contributed by atoms with Gasteiger partial charge in [-0.1, -0.05) is 0 Å². The van der Waals surface area contributed by atoms with Gasteiger partial charge in [-0.25, -0.2) is 9.97 Å². The number of carbonyl (C=O) groups is 1. The largest absolute Gasteiger partial charge is 0.573 e. The number of alkyl halides is 6. The SMILES string of the molecule is O=C(O)CSCc1nc(NCc2cc(OC(F)(F)F)cc(OC(F)(F)F)c2)c2c3c(sc2n1)CCCC3. The highest BCUT2D eigenvalue weighted by Crippen LogP contribution is 2.39. The van der Waals surface area contributed by atoms with E-state index in [9.17, 15) is 31.1 Å². The molecule has 0 saturated heterocycles. The Morgan fingerprint density at radius 1 is 1.03 bits per heavy atom. The van der Waals surface area contributed by atoms with Gasteiger partial charge in [-0.2, -0.15) is 0 Å². The van der Waals surface area contributed by atoms with Crippen LogP contribution in [0.25, 0.3) is 10.2 Å². The first-order chi connectivity index (χ1) is 17.4. The van der Waals surface area contributed by atoms with Gasteiger partial charge in [-0.05, 0) is 48.9 Å². The fraction of sp³-hybridized carbons (Fsp3) is 0.409. The normalized spacial score (nSPS) is 13.9. The predicted octanol–water partition coefficient (Wildman–Crippen LogP) is 6.30. The minimum Gasteiger partial charge on any atom is -0.481 e. The van der Waals surface area contributed by atoms with Gasteiger partial charge in [-0.15, -0.1) is 49.4 Å². The van der Waals surface area contributed by atoms with Crippen molar-refractivity contribution in [3.05, 3.63) is 40.0 Å². The van der Waals surface area contributed by atoms with Crippen molar-refractivity contribution in [2.75, 3.05) is 11.1 Å². The molecule has 3 aromatic rings. The molecule has 7 nitrogen and oxygen atoms in total. The molecule has 0 radical (unpaired) electrons. The Morgan fingerprint density at radius 2 is 1.68 bits per heavy atom. The number of thiophene rings is 1. The van der Waals surface area contributed by atoms with Crippen molar-refractivity contribution >= 4 is 45.1 Å². The van der Waals surface area contributed by atoms with E-state index in [1.165, 1.54) is 11.3 Å². The summed E-state index contributed by atoms with van der Waals surface area (Å²) in [4.78, 5) is 21.8. The number of nitrogens with one attached hydrogen (secondary N) is 1. The molecule has 1 aliphatic rings. The molecular formula is C22H19F6N3O4S2. The fourth-order valence-corrected chi connectivity index (χ4v) is 5.80. The van der Waals surface area contributed by atoms with Gasteiger partial charge in [0, 0.05) is 17.5 Å². The summed E-state index contributed by atoms with van der Waals surface area (Å²) in [7, 11) is 0. The average Bonchev–Trinajstić information content (AvgIpc) is 3.13. The van der Waals surface area contributed by atoms with E-state index in [4.69, 9.17) is 5.11 Å². The van der Waals surface area contributed by atoms with Gasteiger partial charge in [0.05, 0.1) is 16.9 Å². The molecule has 0 unspecified atom stereocenters. The van der Waals surface area contributed by atoms with Crippen molar-refractivity contribution in [2.24, 2.45) is 0 Å². The van der Waals surface area contributed by atoms with E-state index in [1.807, 2.05) is 0 Å². The molecule has 0 fully saturated rings. The van der Waals surface area contributed by atoms with Crippen LogP contribution in [0, 0.1) is 0 Å². The quantitative estimate of drug-likeness (QED) is 0.291. The molecule has 37 heavy (non-hydrogen) atoms. The van der Waals surface area contributed by atoms with Crippen LogP contribution in [0.5, 0.6) is 11.5 Å². The van der Waals surface area contributed by atoms with Crippen LogP contribution in [-0.2, 0) is 29.9 Å². The highest BCUT2D eigenvalue weighted by Gasteiger charge is 2.34. The van der Waals surface area contributed by atoms with E-state index in [0.717, 1.165) is 65.4 Å². The number of aliphatic carboxylic acids is 1. The number of aryl methyl sites for hydroxylation is 2. The summed E-state index contributed by atoms with van der Waals surface area (Å²) in [6.45, 7) is -0.193. The maximum absolute atomic E-state index is 12.7. The molecule has 200 valence electrons. The van der Waals surface area contributed by atoms with Gasteiger partial charge < -0.3 is 19.9 Å². The van der Waals surface area contributed by atoms with Crippen molar-refractivity contribution in [2.45, 2.75) is 50.7 Å². The number of anilines is 1. The van der Waals surface area contributed by atoms with Crippen LogP contribution in [0.3, 0.4) is 0 Å². The predicted molar refractivity (Wildman–Crippen MR) is 125 cm³/mol. The van der Waals surface area contributed by atoms with Crippen LogP contribution in [-0.4, -0.2) is 39.5 Å².